The van der Waals surface area contributed by atoms with Crippen LogP contribution in [0.5, 0.6) is 0 Å². The molecule has 3 aromatic rings. The molecule has 0 unspecified atom stereocenters. The summed E-state index contributed by atoms with van der Waals surface area (Å²) in [6.45, 7) is 8.18. The lowest BCUT2D eigenvalue weighted by Gasteiger charge is -2.06. The molecule has 0 bridgehead atoms. The first kappa shape index (κ1) is 20.0. The molecule has 0 aliphatic rings. The van der Waals surface area contributed by atoms with E-state index in [0.717, 1.165) is 32.5 Å². The van der Waals surface area contributed by atoms with Crippen molar-refractivity contribution in [2.24, 2.45) is 4.99 Å². The molecule has 0 aliphatic carbocycles. The van der Waals surface area contributed by atoms with Gasteiger partial charge in [-0.15, -0.1) is 0 Å². The van der Waals surface area contributed by atoms with Crippen molar-refractivity contribution in [1.29, 1.82) is 0 Å². The van der Waals surface area contributed by atoms with Crippen LogP contribution in [0.2, 0.25) is 0 Å². The molecule has 28 heavy (non-hydrogen) atoms. The van der Waals surface area contributed by atoms with Crippen molar-refractivity contribution >= 4 is 33.4 Å². The SMILES string of the molecule is CCOC(=O)Cn1c(=NC(=O)Cc2ccc(C)cc2)sc2c(C)cc(C)cc21. The van der Waals surface area contributed by atoms with Crippen LogP contribution < -0.4 is 4.80 Å². The lowest BCUT2D eigenvalue weighted by atomic mass is 10.1. The van der Waals surface area contributed by atoms with Crippen LogP contribution in [0.15, 0.2) is 41.4 Å². The highest BCUT2D eigenvalue weighted by Gasteiger charge is 2.14. The number of esters is 1. The summed E-state index contributed by atoms with van der Waals surface area (Å²) in [5.41, 5.74) is 5.17. The summed E-state index contributed by atoms with van der Waals surface area (Å²) in [6.07, 6.45) is 0.228. The summed E-state index contributed by atoms with van der Waals surface area (Å²) in [5, 5.41) is 0. The molecular weight excluding hydrogens is 372 g/mol. The van der Waals surface area contributed by atoms with Gasteiger partial charge in [-0.05, 0) is 50.5 Å². The van der Waals surface area contributed by atoms with Crippen molar-refractivity contribution in [2.45, 2.75) is 40.7 Å². The van der Waals surface area contributed by atoms with E-state index in [0.29, 0.717) is 11.4 Å². The first-order chi connectivity index (χ1) is 13.4. The van der Waals surface area contributed by atoms with Gasteiger partial charge in [-0.2, -0.15) is 4.99 Å². The van der Waals surface area contributed by atoms with E-state index in [1.807, 2.05) is 51.1 Å². The van der Waals surface area contributed by atoms with E-state index >= 15 is 0 Å². The van der Waals surface area contributed by atoms with Crippen LogP contribution in [0, 0.1) is 20.8 Å². The normalized spacial score (nSPS) is 11.8. The Morgan fingerprint density at radius 3 is 2.46 bits per heavy atom. The number of hydrogen-bond donors (Lipinski definition) is 0. The molecule has 3 rings (SSSR count). The molecule has 0 saturated carbocycles. The number of aryl methyl sites for hydroxylation is 3. The van der Waals surface area contributed by atoms with Crippen molar-refractivity contribution in [3.8, 4) is 0 Å². The molecule has 0 N–H and O–H groups in total. The molecule has 0 spiro atoms. The first-order valence-electron chi connectivity index (χ1n) is 9.26. The van der Waals surface area contributed by atoms with E-state index in [1.54, 1.807) is 11.5 Å². The molecule has 1 aromatic heterocycles. The fourth-order valence-electron chi connectivity index (χ4n) is 3.11. The fraction of sp³-hybridized carbons (Fsp3) is 0.318. The van der Waals surface area contributed by atoms with Gasteiger partial charge in [0.25, 0.3) is 5.91 Å². The second-order valence-electron chi connectivity index (χ2n) is 6.87. The van der Waals surface area contributed by atoms with Gasteiger partial charge in [-0.1, -0.05) is 47.2 Å². The summed E-state index contributed by atoms with van der Waals surface area (Å²) in [7, 11) is 0. The smallest absolute Gasteiger partial charge is 0.326 e. The number of fused-ring (bicyclic) bond motifs is 1. The predicted molar refractivity (Wildman–Crippen MR) is 111 cm³/mol. The molecule has 0 saturated heterocycles. The van der Waals surface area contributed by atoms with Crippen molar-refractivity contribution in [3.63, 3.8) is 0 Å². The van der Waals surface area contributed by atoms with E-state index in [-0.39, 0.29) is 24.8 Å². The maximum atomic E-state index is 12.6. The number of rotatable bonds is 5. The Labute approximate surface area is 168 Å². The van der Waals surface area contributed by atoms with E-state index in [2.05, 4.69) is 11.1 Å². The fourth-order valence-corrected chi connectivity index (χ4v) is 4.21. The highest BCUT2D eigenvalue weighted by molar-refractivity contribution is 7.16. The second-order valence-corrected chi connectivity index (χ2v) is 7.85. The summed E-state index contributed by atoms with van der Waals surface area (Å²) >= 11 is 1.43. The lowest BCUT2D eigenvalue weighted by molar-refractivity contribution is -0.143. The van der Waals surface area contributed by atoms with Gasteiger partial charge in [-0.25, -0.2) is 0 Å². The lowest BCUT2D eigenvalue weighted by Crippen LogP contribution is -2.23. The van der Waals surface area contributed by atoms with Gasteiger partial charge in [0.1, 0.15) is 6.54 Å². The predicted octanol–water partition coefficient (Wildman–Crippen LogP) is 3.86. The minimum atomic E-state index is -0.339. The number of aromatic nitrogens is 1. The topological polar surface area (TPSA) is 60.7 Å². The first-order valence-corrected chi connectivity index (χ1v) is 10.1. The van der Waals surface area contributed by atoms with Crippen LogP contribution in [-0.2, 0) is 27.3 Å². The molecule has 1 heterocycles. The Hall–Kier alpha value is -2.73. The Balaban J connectivity index is 2.03. The number of ether oxygens (including phenoxy) is 1. The zero-order valence-electron chi connectivity index (χ0n) is 16.6. The zero-order valence-corrected chi connectivity index (χ0v) is 17.4. The monoisotopic (exact) mass is 396 g/mol. The van der Waals surface area contributed by atoms with Crippen LogP contribution >= 0.6 is 11.3 Å². The molecule has 1 amide bonds. The summed E-state index contributed by atoms with van der Waals surface area (Å²) in [4.78, 5) is 29.5. The van der Waals surface area contributed by atoms with Gasteiger partial charge >= 0.3 is 5.97 Å². The van der Waals surface area contributed by atoms with E-state index in [4.69, 9.17) is 4.74 Å². The van der Waals surface area contributed by atoms with Gasteiger partial charge in [0, 0.05) is 0 Å². The van der Waals surface area contributed by atoms with Crippen molar-refractivity contribution in [3.05, 3.63) is 63.5 Å². The molecule has 2 aromatic carbocycles. The number of carbonyl (C=O) groups is 2. The average Bonchev–Trinajstić information content (AvgIpc) is 2.95. The number of carbonyl (C=O) groups excluding carboxylic acids is 2. The Kier molecular flexibility index (Phi) is 6.09. The highest BCUT2D eigenvalue weighted by atomic mass is 32.1. The molecule has 0 radical (unpaired) electrons. The number of benzene rings is 2. The van der Waals surface area contributed by atoms with Crippen LogP contribution in [0.3, 0.4) is 0 Å². The van der Waals surface area contributed by atoms with Crippen molar-refractivity contribution in [2.75, 3.05) is 6.61 Å². The van der Waals surface area contributed by atoms with Crippen LogP contribution in [-0.4, -0.2) is 23.1 Å². The van der Waals surface area contributed by atoms with E-state index in [1.165, 1.54) is 11.3 Å². The number of nitrogens with zero attached hydrogens (tertiary/aromatic N) is 2. The van der Waals surface area contributed by atoms with Gasteiger partial charge < -0.3 is 9.30 Å². The van der Waals surface area contributed by atoms with Crippen molar-refractivity contribution in [1.82, 2.24) is 4.57 Å². The number of thiazole rings is 1. The molecule has 0 aliphatic heterocycles. The third-order valence-electron chi connectivity index (χ3n) is 4.40. The zero-order chi connectivity index (χ0) is 20.3. The Morgan fingerprint density at radius 1 is 1.07 bits per heavy atom. The average molecular weight is 397 g/mol. The third kappa shape index (κ3) is 4.57. The number of hydrogen-bond acceptors (Lipinski definition) is 4. The van der Waals surface area contributed by atoms with Crippen LogP contribution in [0.25, 0.3) is 10.2 Å². The molecule has 5 nitrogen and oxygen atoms in total. The van der Waals surface area contributed by atoms with E-state index in [9.17, 15) is 9.59 Å². The second kappa shape index (κ2) is 8.52. The number of amides is 1. The minimum Gasteiger partial charge on any atom is -0.465 e. The van der Waals surface area contributed by atoms with Gasteiger partial charge in [0.2, 0.25) is 0 Å². The van der Waals surface area contributed by atoms with Gasteiger partial charge in [0.15, 0.2) is 4.80 Å². The maximum absolute atomic E-state index is 12.6. The third-order valence-corrected chi connectivity index (χ3v) is 5.63. The van der Waals surface area contributed by atoms with Gasteiger partial charge in [0.05, 0.1) is 23.2 Å². The minimum absolute atomic E-state index is 0.0351. The summed E-state index contributed by atoms with van der Waals surface area (Å²) < 4.78 is 7.92. The largest absolute Gasteiger partial charge is 0.465 e. The van der Waals surface area contributed by atoms with Crippen molar-refractivity contribution < 1.29 is 14.3 Å². The van der Waals surface area contributed by atoms with Crippen LogP contribution in [0.1, 0.15) is 29.2 Å². The molecule has 0 fully saturated rings. The summed E-state index contributed by atoms with van der Waals surface area (Å²) in [6, 6.07) is 11.9. The van der Waals surface area contributed by atoms with Crippen LogP contribution in [0.4, 0.5) is 0 Å². The quantitative estimate of drug-likeness (QED) is 0.615. The Morgan fingerprint density at radius 2 is 1.79 bits per heavy atom. The highest BCUT2D eigenvalue weighted by Crippen LogP contribution is 2.23. The standard InChI is InChI=1S/C22H24N2O3S/c1-5-27-20(26)13-24-18-11-15(3)10-16(4)21(18)28-22(24)23-19(25)12-17-8-6-14(2)7-9-17/h6-11H,5,12-13H2,1-4H3. The molecule has 0 atom stereocenters. The molecule has 146 valence electrons. The Bertz CT molecular complexity index is 1090. The summed E-state index contributed by atoms with van der Waals surface area (Å²) in [5.74, 6) is -0.573. The molecule has 6 heteroatoms. The van der Waals surface area contributed by atoms with Gasteiger partial charge in [-0.3, -0.25) is 9.59 Å². The molecular formula is C22H24N2O3S. The maximum Gasteiger partial charge on any atom is 0.326 e. The van der Waals surface area contributed by atoms with E-state index < -0.39 is 0 Å².